The summed E-state index contributed by atoms with van der Waals surface area (Å²) in [6.07, 6.45) is 0. The van der Waals surface area contributed by atoms with Crippen LogP contribution in [0.2, 0.25) is 0 Å². The highest BCUT2D eigenvalue weighted by Gasteiger charge is 2.06. The van der Waals surface area contributed by atoms with E-state index in [1.165, 1.54) is 0 Å². The quantitative estimate of drug-likeness (QED) is 0.549. The predicted octanol–water partition coefficient (Wildman–Crippen LogP) is 2.30. The number of amides is 1. The lowest BCUT2D eigenvalue weighted by molar-refractivity contribution is 0.0955. The first-order chi connectivity index (χ1) is 11.0. The van der Waals surface area contributed by atoms with E-state index in [1.54, 1.807) is 6.07 Å². The molecule has 0 aliphatic rings. The molecule has 0 bridgehead atoms. The van der Waals surface area contributed by atoms with Crippen molar-refractivity contribution in [3.63, 3.8) is 0 Å². The van der Waals surface area contributed by atoms with E-state index in [2.05, 4.69) is 43.2 Å². The number of carbonyl (C=O) groups is 1. The minimum atomic E-state index is -0.0792. The van der Waals surface area contributed by atoms with E-state index in [-0.39, 0.29) is 5.91 Å². The summed E-state index contributed by atoms with van der Waals surface area (Å²) in [5, 5.41) is 6.01. The second-order valence-electron chi connectivity index (χ2n) is 5.28. The second-order valence-corrected chi connectivity index (χ2v) is 6.52. The number of rotatable bonds is 6. The molecule has 23 heavy (non-hydrogen) atoms. The molecule has 6 nitrogen and oxygen atoms in total. The predicted molar refractivity (Wildman–Crippen MR) is 101 cm³/mol. The zero-order valence-electron chi connectivity index (χ0n) is 13.4. The molecule has 0 aliphatic heterocycles. The van der Waals surface area contributed by atoms with E-state index in [9.17, 15) is 4.79 Å². The van der Waals surface area contributed by atoms with Crippen LogP contribution in [-0.2, 0) is 0 Å². The Balaban J connectivity index is 1.85. The number of anilines is 2. The van der Waals surface area contributed by atoms with Crippen LogP contribution in [0.5, 0.6) is 0 Å². The number of hydrogen-bond donors (Lipinski definition) is 2. The first-order valence-corrected chi connectivity index (χ1v) is 8.34. The molecule has 0 radical (unpaired) electrons. The van der Waals surface area contributed by atoms with Crippen LogP contribution in [0.15, 0.2) is 30.3 Å². The Morgan fingerprint density at radius 3 is 2.70 bits per heavy atom. The molecule has 1 amide bonds. The van der Waals surface area contributed by atoms with Crippen LogP contribution < -0.4 is 15.5 Å². The Kier molecular flexibility index (Phi) is 6.14. The number of aromatic nitrogens is 2. The fourth-order valence-electron chi connectivity index (χ4n) is 1.94. The summed E-state index contributed by atoms with van der Waals surface area (Å²) in [7, 11) is 3.88. The highest BCUT2D eigenvalue weighted by atomic mass is 127. The van der Waals surface area contributed by atoms with Crippen LogP contribution >= 0.6 is 22.6 Å². The molecular weight excluding hydrogens is 405 g/mol. The Labute approximate surface area is 149 Å². The average Bonchev–Trinajstić information content (AvgIpc) is 2.50. The number of nitrogens with zero attached hydrogens (tertiary/aromatic N) is 3. The van der Waals surface area contributed by atoms with E-state index < -0.39 is 0 Å². The zero-order chi connectivity index (χ0) is 16.8. The molecule has 1 aromatic carbocycles. The molecule has 0 spiro atoms. The van der Waals surface area contributed by atoms with Crippen LogP contribution in [0.4, 0.5) is 11.8 Å². The zero-order valence-corrected chi connectivity index (χ0v) is 15.6. The molecule has 2 N–H and O–H groups in total. The number of aryl methyl sites for hydroxylation is 1. The molecule has 0 unspecified atom stereocenters. The minimum Gasteiger partial charge on any atom is -0.363 e. The van der Waals surface area contributed by atoms with Crippen molar-refractivity contribution in [2.45, 2.75) is 6.92 Å². The standard InChI is InChI=1S/C16H20IN5O/c1-11-9-14(22(2)3)21-16(20-11)19-8-7-18-15(23)12-5-4-6-13(17)10-12/h4-6,9-10H,7-8H2,1-3H3,(H,18,23)(H,19,20,21). The van der Waals surface area contributed by atoms with Crippen molar-refractivity contribution in [1.29, 1.82) is 0 Å². The van der Waals surface area contributed by atoms with Crippen molar-refractivity contribution in [3.05, 3.63) is 45.2 Å². The lowest BCUT2D eigenvalue weighted by Gasteiger charge is -2.14. The average molecular weight is 425 g/mol. The fraction of sp³-hybridized carbons (Fsp3) is 0.312. The third kappa shape index (κ3) is 5.34. The fourth-order valence-corrected chi connectivity index (χ4v) is 2.49. The Morgan fingerprint density at radius 2 is 2.00 bits per heavy atom. The molecular formula is C16H20IN5O. The summed E-state index contributed by atoms with van der Waals surface area (Å²) in [6.45, 7) is 2.99. The van der Waals surface area contributed by atoms with Crippen molar-refractivity contribution in [2.24, 2.45) is 0 Å². The maximum atomic E-state index is 12.0. The van der Waals surface area contributed by atoms with E-state index in [0.29, 0.717) is 24.6 Å². The van der Waals surface area contributed by atoms with Gasteiger partial charge in [0.05, 0.1) is 0 Å². The number of nitrogens with one attached hydrogen (secondary N) is 2. The molecule has 0 aliphatic carbocycles. The van der Waals surface area contributed by atoms with E-state index in [0.717, 1.165) is 15.1 Å². The summed E-state index contributed by atoms with van der Waals surface area (Å²) in [6, 6.07) is 9.41. The number of hydrogen-bond acceptors (Lipinski definition) is 5. The van der Waals surface area contributed by atoms with E-state index >= 15 is 0 Å². The first-order valence-electron chi connectivity index (χ1n) is 7.26. The molecule has 0 saturated carbocycles. The first kappa shape index (κ1) is 17.5. The summed E-state index contributed by atoms with van der Waals surface area (Å²) in [5.41, 5.74) is 1.56. The van der Waals surface area contributed by atoms with Gasteiger partial charge in [-0.1, -0.05) is 6.07 Å². The molecule has 1 heterocycles. The second kappa shape index (κ2) is 8.09. The van der Waals surface area contributed by atoms with E-state index in [1.807, 2.05) is 50.2 Å². The Morgan fingerprint density at radius 1 is 1.22 bits per heavy atom. The highest BCUT2D eigenvalue weighted by molar-refractivity contribution is 14.1. The smallest absolute Gasteiger partial charge is 0.251 e. The molecule has 0 atom stereocenters. The largest absolute Gasteiger partial charge is 0.363 e. The number of carbonyl (C=O) groups excluding carboxylic acids is 1. The maximum Gasteiger partial charge on any atom is 0.251 e. The van der Waals surface area contributed by atoms with E-state index in [4.69, 9.17) is 0 Å². The maximum absolute atomic E-state index is 12.0. The molecule has 1 aromatic heterocycles. The topological polar surface area (TPSA) is 70.2 Å². The normalized spacial score (nSPS) is 10.3. The van der Waals surface area contributed by atoms with Crippen molar-refractivity contribution in [3.8, 4) is 0 Å². The van der Waals surface area contributed by atoms with Crippen molar-refractivity contribution < 1.29 is 4.79 Å². The molecule has 122 valence electrons. The molecule has 7 heteroatoms. The lowest BCUT2D eigenvalue weighted by Crippen LogP contribution is -2.29. The van der Waals surface area contributed by atoms with Gasteiger partial charge < -0.3 is 15.5 Å². The Bertz CT molecular complexity index is 690. The summed E-state index contributed by atoms with van der Waals surface area (Å²) in [4.78, 5) is 22.7. The van der Waals surface area contributed by atoms with Crippen molar-refractivity contribution >= 4 is 40.3 Å². The van der Waals surface area contributed by atoms with Gasteiger partial charge in [0.15, 0.2) is 0 Å². The molecule has 0 saturated heterocycles. The van der Waals surface area contributed by atoms with Crippen LogP contribution in [-0.4, -0.2) is 43.1 Å². The number of halogens is 1. The van der Waals surface area contributed by atoms with Gasteiger partial charge >= 0.3 is 0 Å². The third-order valence-corrected chi connectivity index (χ3v) is 3.75. The molecule has 2 rings (SSSR count). The van der Waals surface area contributed by atoms with Gasteiger partial charge in [-0.05, 0) is 47.7 Å². The Hall–Kier alpha value is -1.90. The minimum absolute atomic E-state index is 0.0792. The monoisotopic (exact) mass is 425 g/mol. The van der Waals surface area contributed by atoms with Crippen molar-refractivity contribution in [1.82, 2.24) is 15.3 Å². The SMILES string of the molecule is Cc1cc(N(C)C)nc(NCCNC(=O)c2cccc(I)c2)n1. The van der Waals surface area contributed by atoms with Crippen LogP contribution in [0.25, 0.3) is 0 Å². The van der Waals surface area contributed by atoms with Crippen LogP contribution in [0.3, 0.4) is 0 Å². The van der Waals surface area contributed by atoms with Gasteiger partial charge in [-0.15, -0.1) is 0 Å². The summed E-state index contributed by atoms with van der Waals surface area (Å²) < 4.78 is 1.04. The lowest BCUT2D eigenvalue weighted by atomic mass is 10.2. The van der Waals surface area contributed by atoms with Crippen LogP contribution in [0, 0.1) is 10.5 Å². The molecule has 2 aromatic rings. The van der Waals surface area contributed by atoms with Gasteiger partial charge in [0.1, 0.15) is 5.82 Å². The van der Waals surface area contributed by atoms with Gasteiger partial charge in [-0.3, -0.25) is 4.79 Å². The van der Waals surface area contributed by atoms with Gasteiger partial charge in [-0.2, -0.15) is 4.98 Å². The van der Waals surface area contributed by atoms with Gasteiger partial charge in [0, 0.05) is 48.1 Å². The summed E-state index contributed by atoms with van der Waals surface area (Å²) >= 11 is 2.19. The third-order valence-electron chi connectivity index (χ3n) is 3.08. The van der Waals surface area contributed by atoms with Gasteiger partial charge in [-0.25, -0.2) is 4.98 Å². The summed E-state index contributed by atoms with van der Waals surface area (Å²) in [5.74, 6) is 1.34. The van der Waals surface area contributed by atoms with Gasteiger partial charge in [0.25, 0.3) is 5.91 Å². The highest BCUT2D eigenvalue weighted by Crippen LogP contribution is 2.11. The van der Waals surface area contributed by atoms with Crippen LogP contribution in [0.1, 0.15) is 16.1 Å². The molecule has 0 fully saturated rings. The number of benzene rings is 1. The van der Waals surface area contributed by atoms with Gasteiger partial charge in [0.2, 0.25) is 5.95 Å². The van der Waals surface area contributed by atoms with Crippen molar-refractivity contribution in [2.75, 3.05) is 37.4 Å².